The van der Waals surface area contributed by atoms with E-state index in [0.29, 0.717) is 0 Å². The second-order valence-corrected chi connectivity index (χ2v) is 5.84. The number of benzene rings is 1. The van der Waals surface area contributed by atoms with Crippen LogP contribution in [0.5, 0.6) is 0 Å². The normalized spacial score (nSPS) is 22.5. The van der Waals surface area contributed by atoms with Crippen LogP contribution in [0, 0.1) is 6.92 Å². The van der Waals surface area contributed by atoms with E-state index in [2.05, 4.69) is 48.3 Å². The van der Waals surface area contributed by atoms with Gasteiger partial charge in [-0.25, -0.2) is 0 Å². The minimum atomic E-state index is 0.0464. The SMILES string of the molecule is CC(=O)NC1CCN(C(c2ccccc2C)C(C)N)C1. The molecule has 1 aromatic rings. The zero-order chi connectivity index (χ0) is 14.7. The van der Waals surface area contributed by atoms with Crippen LogP contribution >= 0.6 is 0 Å². The zero-order valence-electron chi connectivity index (χ0n) is 12.6. The molecule has 1 fully saturated rings. The quantitative estimate of drug-likeness (QED) is 0.877. The molecule has 0 aromatic heterocycles. The molecule has 1 saturated heterocycles. The van der Waals surface area contributed by atoms with Gasteiger partial charge in [-0.3, -0.25) is 9.69 Å². The fourth-order valence-electron chi connectivity index (χ4n) is 3.18. The third-order valence-electron chi connectivity index (χ3n) is 4.03. The van der Waals surface area contributed by atoms with E-state index in [4.69, 9.17) is 5.73 Å². The van der Waals surface area contributed by atoms with Crippen molar-refractivity contribution in [2.24, 2.45) is 5.73 Å². The highest BCUT2D eigenvalue weighted by atomic mass is 16.1. The number of hydrogen-bond acceptors (Lipinski definition) is 3. The Morgan fingerprint density at radius 3 is 2.75 bits per heavy atom. The van der Waals surface area contributed by atoms with Crippen LogP contribution in [0.1, 0.15) is 37.4 Å². The summed E-state index contributed by atoms with van der Waals surface area (Å²) in [4.78, 5) is 13.6. The molecule has 0 spiro atoms. The molecule has 0 saturated carbocycles. The second-order valence-electron chi connectivity index (χ2n) is 5.84. The van der Waals surface area contributed by atoms with E-state index in [1.165, 1.54) is 11.1 Å². The Morgan fingerprint density at radius 1 is 1.45 bits per heavy atom. The maximum absolute atomic E-state index is 11.2. The van der Waals surface area contributed by atoms with Crippen molar-refractivity contribution in [1.29, 1.82) is 0 Å². The van der Waals surface area contributed by atoms with E-state index in [1.807, 2.05) is 0 Å². The van der Waals surface area contributed by atoms with E-state index in [0.717, 1.165) is 19.5 Å². The van der Waals surface area contributed by atoms with Crippen LogP contribution in [-0.2, 0) is 4.79 Å². The molecule has 1 amide bonds. The summed E-state index contributed by atoms with van der Waals surface area (Å²) in [5.41, 5.74) is 8.81. The van der Waals surface area contributed by atoms with Gasteiger partial charge in [-0.15, -0.1) is 0 Å². The number of nitrogens with one attached hydrogen (secondary N) is 1. The summed E-state index contributed by atoms with van der Waals surface area (Å²) in [5, 5.41) is 3.01. The summed E-state index contributed by atoms with van der Waals surface area (Å²) < 4.78 is 0. The molecule has 2 rings (SSSR count). The Bertz CT molecular complexity index is 473. The lowest BCUT2D eigenvalue weighted by Gasteiger charge is -2.32. The predicted octanol–water partition coefficient (Wildman–Crippen LogP) is 1.59. The van der Waals surface area contributed by atoms with E-state index in [9.17, 15) is 4.79 Å². The lowest BCUT2D eigenvalue weighted by atomic mass is 9.95. The molecule has 20 heavy (non-hydrogen) atoms. The van der Waals surface area contributed by atoms with E-state index >= 15 is 0 Å². The largest absolute Gasteiger partial charge is 0.352 e. The van der Waals surface area contributed by atoms with Gasteiger partial charge in [0.05, 0.1) is 0 Å². The van der Waals surface area contributed by atoms with E-state index in [-0.39, 0.29) is 24.0 Å². The molecule has 3 atom stereocenters. The number of carbonyl (C=O) groups is 1. The second kappa shape index (κ2) is 6.37. The average molecular weight is 275 g/mol. The summed E-state index contributed by atoms with van der Waals surface area (Å²) >= 11 is 0. The van der Waals surface area contributed by atoms with Crippen molar-refractivity contribution in [2.45, 2.75) is 45.3 Å². The van der Waals surface area contributed by atoms with Gasteiger partial charge in [0.15, 0.2) is 0 Å². The number of rotatable bonds is 4. The van der Waals surface area contributed by atoms with Gasteiger partial charge in [0.25, 0.3) is 0 Å². The predicted molar refractivity (Wildman–Crippen MR) is 81.4 cm³/mol. The number of likely N-dealkylation sites (tertiary alicyclic amines) is 1. The van der Waals surface area contributed by atoms with Gasteiger partial charge in [0.1, 0.15) is 0 Å². The number of hydrogen-bond donors (Lipinski definition) is 2. The van der Waals surface area contributed by atoms with Crippen LogP contribution in [0.25, 0.3) is 0 Å². The average Bonchev–Trinajstić information content (AvgIpc) is 2.79. The fourth-order valence-corrected chi connectivity index (χ4v) is 3.18. The zero-order valence-corrected chi connectivity index (χ0v) is 12.6. The highest BCUT2D eigenvalue weighted by molar-refractivity contribution is 5.73. The van der Waals surface area contributed by atoms with Gasteiger partial charge >= 0.3 is 0 Å². The maximum Gasteiger partial charge on any atom is 0.217 e. The fraction of sp³-hybridized carbons (Fsp3) is 0.562. The first-order chi connectivity index (χ1) is 9.49. The minimum Gasteiger partial charge on any atom is -0.352 e. The Balaban J connectivity index is 2.15. The van der Waals surface area contributed by atoms with Crippen molar-refractivity contribution >= 4 is 5.91 Å². The van der Waals surface area contributed by atoms with Crippen molar-refractivity contribution in [3.05, 3.63) is 35.4 Å². The summed E-state index contributed by atoms with van der Waals surface area (Å²) in [7, 11) is 0. The molecular weight excluding hydrogens is 250 g/mol. The van der Waals surface area contributed by atoms with Crippen LogP contribution < -0.4 is 11.1 Å². The molecule has 4 nitrogen and oxygen atoms in total. The Labute approximate surface area is 121 Å². The van der Waals surface area contributed by atoms with Gasteiger partial charge in [0.2, 0.25) is 5.91 Å². The van der Waals surface area contributed by atoms with Crippen molar-refractivity contribution in [3.8, 4) is 0 Å². The van der Waals surface area contributed by atoms with Crippen LogP contribution in [0.15, 0.2) is 24.3 Å². The number of nitrogens with two attached hydrogens (primary N) is 1. The van der Waals surface area contributed by atoms with Gasteiger partial charge in [0, 0.05) is 38.1 Å². The van der Waals surface area contributed by atoms with Crippen molar-refractivity contribution in [2.75, 3.05) is 13.1 Å². The first kappa shape index (κ1) is 15.0. The molecule has 4 heteroatoms. The topological polar surface area (TPSA) is 58.4 Å². The van der Waals surface area contributed by atoms with E-state index in [1.54, 1.807) is 6.92 Å². The first-order valence-electron chi connectivity index (χ1n) is 7.31. The van der Waals surface area contributed by atoms with Gasteiger partial charge in [-0.2, -0.15) is 0 Å². The summed E-state index contributed by atoms with van der Waals surface area (Å²) in [5.74, 6) is 0.0464. The highest BCUT2D eigenvalue weighted by Gasteiger charge is 2.32. The highest BCUT2D eigenvalue weighted by Crippen LogP contribution is 2.29. The molecular formula is C16H25N3O. The molecule has 0 aliphatic carbocycles. The number of nitrogens with zero attached hydrogens (tertiary/aromatic N) is 1. The third kappa shape index (κ3) is 3.38. The smallest absolute Gasteiger partial charge is 0.217 e. The molecule has 0 bridgehead atoms. The van der Waals surface area contributed by atoms with Crippen LogP contribution in [-0.4, -0.2) is 36.0 Å². The van der Waals surface area contributed by atoms with Gasteiger partial charge < -0.3 is 11.1 Å². The lowest BCUT2D eigenvalue weighted by molar-refractivity contribution is -0.119. The molecule has 3 N–H and O–H groups in total. The van der Waals surface area contributed by atoms with Crippen molar-refractivity contribution in [3.63, 3.8) is 0 Å². The molecule has 1 aliphatic rings. The van der Waals surface area contributed by atoms with Crippen LogP contribution in [0.4, 0.5) is 0 Å². The summed E-state index contributed by atoms with van der Waals surface area (Å²) in [6.45, 7) is 7.62. The van der Waals surface area contributed by atoms with E-state index < -0.39 is 0 Å². The maximum atomic E-state index is 11.2. The van der Waals surface area contributed by atoms with Gasteiger partial charge in [-0.05, 0) is 31.4 Å². The van der Waals surface area contributed by atoms with Crippen molar-refractivity contribution < 1.29 is 4.79 Å². The first-order valence-corrected chi connectivity index (χ1v) is 7.31. The van der Waals surface area contributed by atoms with Crippen LogP contribution in [0.2, 0.25) is 0 Å². The molecule has 1 aromatic carbocycles. The van der Waals surface area contributed by atoms with Crippen LogP contribution in [0.3, 0.4) is 0 Å². The number of amides is 1. The van der Waals surface area contributed by atoms with Gasteiger partial charge in [-0.1, -0.05) is 24.3 Å². The molecule has 0 radical (unpaired) electrons. The summed E-state index contributed by atoms with van der Waals surface area (Å²) in [6, 6.07) is 8.95. The van der Waals surface area contributed by atoms with Crippen molar-refractivity contribution in [1.82, 2.24) is 10.2 Å². The molecule has 3 unspecified atom stereocenters. The summed E-state index contributed by atoms with van der Waals surface area (Å²) in [6.07, 6.45) is 0.995. The Kier molecular flexibility index (Phi) is 4.78. The standard InChI is InChI=1S/C16H25N3O/c1-11-6-4-5-7-15(11)16(12(2)17)19-9-8-14(10-19)18-13(3)20/h4-7,12,14,16H,8-10,17H2,1-3H3,(H,18,20). The molecule has 1 heterocycles. The third-order valence-corrected chi connectivity index (χ3v) is 4.03. The minimum absolute atomic E-state index is 0.0464. The number of aryl methyl sites for hydroxylation is 1. The monoisotopic (exact) mass is 275 g/mol. The number of carbonyl (C=O) groups excluding carboxylic acids is 1. The Hall–Kier alpha value is -1.39. The molecule has 110 valence electrons. The molecule has 1 aliphatic heterocycles. The Morgan fingerprint density at radius 2 is 2.15 bits per heavy atom. The lowest BCUT2D eigenvalue weighted by Crippen LogP contribution is -2.41.